The van der Waals surface area contributed by atoms with Gasteiger partial charge in [-0.2, -0.15) is 0 Å². The monoisotopic (exact) mass is 445 g/mol. The first-order chi connectivity index (χ1) is 16.1. The summed E-state index contributed by atoms with van der Waals surface area (Å²) in [4.78, 5) is 28.9. The summed E-state index contributed by atoms with van der Waals surface area (Å²) in [6, 6.07) is 2.30. The third-order valence-corrected chi connectivity index (χ3v) is 6.34. The number of rotatable bonds is 4. The number of nitrogens with one attached hydrogen (secondary N) is 1. The molecule has 0 aromatic carbocycles. The van der Waals surface area contributed by atoms with Crippen molar-refractivity contribution >= 4 is 23.1 Å². The van der Waals surface area contributed by atoms with E-state index in [9.17, 15) is 4.79 Å². The second kappa shape index (κ2) is 7.64. The minimum atomic E-state index is -0.379. The summed E-state index contributed by atoms with van der Waals surface area (Å²) in [5.74, 6) is -0.243. The molecular weight excluding hydrogens is 422 g/mol. The fourth-order valence-corrected chi connectivity index (χ4v) is 4.44. The molecule has 11 nitrogen and oxygen atoms in total. The number of carbonyl (C=O) groups is 1. The van der Waals surface area contributed by atoms with Crippen molar-refractivity contribution in [2.45, 2.75) is 19.0 Å². The van der Waals surface area contributed by atoms with Gasteiger partial charge in [-0.05, 0) is 6.07 Å². The third kappa shape index (κ3) is 3.33. The zero-order chi connectivity index (χ0) is 22.5. The predicted octanol–water partition coefficient (Wildman–Crippen LogP) is 1.12. The summed E-state index contributed by atoms with van der Waals surface area (Å²) in [6.07, 6.45) is 9.46. The molecule has 0 spiro atoms. The number of hydrogen-bond donors (Lipinski definition) is 2. The first-order valence-electron chi connectivity index (χ1n) is 10.8. The molecule has 0 unspecified atom stereocenters. The van der Waals surface area contributed by atoms with Crippen LogP contribution in [0.15, 0.2) is 37.2 Å². The summed E-state index contributed by atoms with van der Waals surface area (Å²) >= 11 is 0. The van der Waals surface area contributed by atoms with Crippen LogP contribution in [0.5, 0.6) is 0 Å². The van der Waals surface area contributed by atoms with Crippen LogP contribution in [0, 0.1) is 0 Å². The first kappa shape index (κ1) is 19.8. The van der Waals surface area contributed by atoms with Gasteiger partial charge in [0.05, 0.1) is 55.1 Å². The van der Waals surface area contributed by atoms with Gasteiger partial charge in [0.2, 0.25) is 0 Å². The van der Waals surface area contributed by atoms with Crippen LogP contribution >= 0.6 is 0 Å². The molecule has 1 amide bonds. The first-order valence-corrected chi connectivity index (χ1v) is 10.8. The van der Waals surface area contributed by atoms with Crippen molar-refractivity contribution in [3.63, 3.8) is 0 Å². The Morgan fingerprint density at radius 1 is 1.27 bits per heavy atom. The largest absolute Gasteiger partial charge is 0.381 e. The number of fused-ring (bicyclic) bond motifs is 2. The summed E-state index contributed by atoms with van der Waals surface area (Å²) in [7, 11) is 1.89. The molecule has 6 heterocycles. The molecule has 1 saturated heterocycles. The van der Waals surface area contributed by atoms with E-state index < -0.39 is 0 Å². The van der Waals surface area contributed by atoms with Crippen LogP contribution in [-0.2, 0) is 24.8 Å². The quantitative estimate of drug-likeness (QED) is 0.478. The number of nitrogens with two attached hydrogens (primary N) is 1. The van der Waals surface area contributed by atoms with E-state index in [1.165, 1.54) is 0 Å². The van der Waals surface area contributed by atoms with Crippen LogP contribution in [0.3, 0.4) is 0 Å². The Hall–Kier alpha value is -3.83. The second-order valence-corrected chi connectivity index (χ2v) is 8.42. The Labute approximate surface area is 189 Å². The lowest BCUT2D eigenvalue weighted by atomic mass is 10.0. The average molecular weight is 445 g/mol. The summed E-state index contributed by atoms with van der Waals surface area (Å²) in [6.45, 7) is 3.26. The minimum Gasteiger partial charge on any atom is -0.381 e. The molecule has 4 aromatic heterocycles. The maximum atomic E-state index is 13.3. The van der Waals surface area contributed by atoms with Crippen molar-refractivity contribution in [1.82, 2.24) is 34.0 Å². The van der Waals surface area contributed by atoms with Gasteiger partial charge >= 0.3 is 0 Å². The van der Waals surface area contributed by atoms with Crippen molar-refractivity contribution in [2.75, 3.05) is 30.8 Å². The van der Waals surface area contributed by atoms with Crippen LogP contribution in [-0.4, -0.2) is 65.7 Å². The number of nitrogen functional groups attached to an aromatic ring is 1. The van der Waals surface area contributed by atoms with Crippen molar-refractivity contribution < 1.29 is 9.53 Å². The molecule has 11 heteroatoms. The molecule has 2 aliphatic heterocycles. The van der Waals surface area contributed by atoms with Gasteiger partial charge < -0.3 is 20.4 Å². The zero-order valence-electron chi connectivity index (χ0n) is 18.1. The summed E-state index contributed by atoms with van der Waals surface area (Å²) < 4.78 is 8.82. The molecule has 0 bridgehead atoms. The number of nitrogens with zero attached hydrogens (tertiary/aromatic N) is 7. The second-order valence-electron chi connectivity index (χ2n) is 8.42. The van der Waals surface area contributed by atoms with Crippen LogP contribution in [0.4, 0.5) is 11.5 Å². The number of aryl methyl sites for hydroxylation is 1. The molecule has 33 heavy (non-hydrogen) atoms. The van der Waals surface area contributed by atoms with Crippen LogP contribution in [0.2, 0.25) is 0 Å². The molecule has 0 radical (unpaired) electrons. The molecule has 6 rings (SSSR count). The van der Waals surface area contributed by atoms with Gasteiger partial charge in [-0.15, -0.1) is 5.10 Å². The van der Waals surface area contributed by atoms with E-state index >= 15 is 0 Å². The molecule has 4 aromatic rings. The van der Waals surface area contributed by atoms with E-state index in [0.717, 1.165) is 55.2 Å². The maximum Gasteiger partial charge on any atom is 0.263 e. The summed E-state index contributed by atoms with van der Waals surface area (Å²) in [5, 5.41) is 7.31. The number of amides is 1. The smallest absolute Gasteiger partial charge is 0.263 e. The number of carbonyl (C=O) groups excluding carboxylic acids is 1. The van der Waals surface area contributed by atoms with Gasteiger partial charge in [0.25, 0.3) is 5.91 Å². The van der Waals surface area contributed by atoms with Gasteiger partial charge in [-0.1, -0.05) is 0 Å². The lowest BCUT2D eigenvalue weighted by Gasteiger charge is -2.39. The average Bonchev–Trinajstić information content (AvgIpc) is 3.33. The number of pyridine rings is 1. The number of hydrogen-bond acceptors (Lipinski definition) is 8. The molecule has 0 saturated carbocycles. The topological polar surface area (TPSA) is 128 Å². The molecule has 168 valence electrons. The van der Waals surface area contributed by atoms with E-state index in [-0.39, 0.29) is 17.3 Å². The highest BCUT2D eigenvalue weighted by Gasteiger charge is 2.30. The Morgan fingerprint density at radius 3 is 2.91 bits per heavy atom. The van der Waals surface area contributed by atoms with Crippen LogP contribution < -0.4 is 11.1 Å². The highest BCUT2D eigenvalue weighted by atomic mass is 16.5. The third-order valence-electron chi connectivity index (χ3n) is 6.34. The standard InChI is InChI=1S/C22H23N9O2/c1-29-12-25-7-18(29)15-2-4-24-6-17(15)27-22(32)19-20(23)28-31-9-13-8-30(14-10-33-11-14)5-3-16(13)26-21(19)31/h2,4,6-7,9,12,14H,3,5,8,10-11H2,1H3,(H2,23,28)(H,27,32). The lowest BCUT2D eigenvalue weighted by molar-refractivity contribution is -0.0697. The lowest BCUT2D eigenvalue weighted by Crippen LogP contribution is -2.50. The molecule has 0 atom stereocenters. The molecule has 2 aliphatic rings. The van der Waals surface area contributed by atoms with E-state index in [1.54, 1.807) is 29.4 Å². The Morgan fingerprint density at radius 2 is 2.15 bits per heavy atom. The van der Waals surface area contributed by atoms with Gasteiger partial charge in [-0.25, -0.2) is 14.5 Å². The fourth-order valence-electron chi connectivity index (χ4n) is 4.44. The molecule has 0 aliphatic carbocycles. The number of ether oxygens (including phenoxy) is 1. The summed E-state index contributed by atoms with van der Waals surface area (Å²) in [5.41, 5.74) is 11.2. The fraction of sp³-hybridized carbons (Fsp3) is 0.318. The van der Waals surface area contributed by atoms with E-state index in [2.05, 4.69) is 25.3 Å². The van der Waals surface area contributed by atoms with Gasteiger partial charge in [-0.3, -0.25) is 14.7 Å². The van der Waals surface area contributed by atoms with Crippen molar-refractivity contribution in [3.8, 4) is 11.3 Å². The molecule has 3 N–H and O–H groups in total. The van der Waals surface area contributed by atoms with E-state index in [4.69, 9.17) is 15.5 Å². The van der Waals surface area contributed by atoms with Crippen molar-refractivity contribution in [1.29, 1.82) is 0 Å². The highest BCUT2D eigenvalue weighted by molar-refractivity contribution is 6.12. The minimum absolute atomic E-state index is 0.137. The van der Waals surface area contributed by atoms with Gasteiger partial charge in [0.1, 0.15) is 5.56 Å². The van der Waals surface area contributed by atoms with Gasteiger partial charge in [0, 0.05) is 50.1 Å². The Balaban J connectivity index is 1.33. The SMILES string of the molecule is Cn1cncc1-c1ccncc1NC(=O)c1c(N)nn2cc3c(nc12)CCN(C1COC1)C3. The normalized spacial score (nSPS) is 16.5. The maximum absolute atomic E-state index is 13.3. The number of aromatic nitrogens is 6. The predicted molar refractivity (Wildman–Crippen MR) is 121 cm³/mol. The number of anilines is 2. The highest BCUT2D eigenvalue weighted by Crippen LogP contribution is 2.29. The number of imidazole rings is 1. The van der Waals surface area contributed by atoms with E-state index in [0.29, 0.717) is 17.4 Å². The Kier molecular flexibility index (Phi) is 4.59. The van der Waals surface area contributed by atoms with Crippen molar-refractivity contribution in [3.05, 3.63) is 54.0 Å². The van der Waals surface area contributed by atoms with Gasteiger partial charge in [0.15, 0.2) is 11.5 Å². The van der Waals surface area contributed by atoms with Crippen molar-refractivity contribution in [2.24, 2.45) is 7.05 Å². The van der Waals surface area contributed by atoms with Crippen LogP contribution in [0.1, 0.15) is 21.6 Å². The van der Waals surface area contributed by atoms with E-state index in [1.807, 2.05) is 23.9 Å². The van der Waals surface area contributed by atoms with Crippen LogP contribution in [0.25, 0.3) is 16.9 Å². The molecule has 1 fully saturated rings. The molecular formula is C22H23N9O2. The zero-order valence-corrected chi connectivity index (χ0v) is 18.1. The Bertz CT molecular complexity index is 1370.